The zero-order chi connectivity index (χ0) is 16.9. The molecule has 0 fully saturated rings. The maximum absolute atomic E-state index is 12.1. The molecule has 24 heavy (non-hydrogen) atoms. The van der Waals surface area contributed by atoms with E-state index < -0.39 is 0 Å². The average Bonchev–Trinajstić information content (AvgIpc) is 2.60. The van der Waals surface area contributed by atoms with Crippen molar-refractivity contribution in [3.8, 4) is 23.0 Å². The van der Waals surface area contributed by atoms with E-state index in [-0.39, 0.29) is 23.0 Å². The van der Waals surface area contributed by atoms with E-state index in [1.54, 1.807) is 24.3 Å². The minimum Gasteiger partial charge on any atom is -0.504 e. The first kappa shape index (κ1) is 15.4. The normalized spacial score (nSPS) is 10.2. The molecule has 0 saturated heterocycles. The second-order valence-corrected chi connectivity index (χ2v) is 5.10. The third-order valence-corrected chi connectivity index (χ3v) is 3.33. The van der Waals surface area contributed by atoms with Gasteiger partial charge in [-0.15, -0.1) is 0 Å². The SMILES string of the molecule is O=C(Nc1ccc(Oc2ccccc2)cc1)c1ccc(O)c(O)c1. The highest BCUT2D eigenvalue weighted by molar-refractivity contribution is 6.04. The maximum Gasteiger partial charge on any atom is 0.255 e. The van der Waals surface area contributed by atoms with Gasteiger partial charge >= 0.3 is 0 Å². The van der Waals surface area contributed by atoms with Gasteiger partial charge in [-0.1, -0.05) is 18.2 Å². The van der Waals surface area contributed by atoms with E-state index in [9.17, 15) is 15.0 Å². The van der Waals surface area contributed by atoms with Crippen molar-refractivity contribution in [2.75, 3.05) is 5.32 Å². The van der Waals surface area contributed by atoms with Crippen molar-refractivity contribution in [2.24, 2.45) is 0 Å². The van der Waals surface area contributed by atoms with Crippen LogP contribution in [-0.4, -0.2) is 16.1 Å². The van der Waals surface area contributed by atoms with Crippen molar-refractivity contribution in [2.45, 2.75) is 0 Å². The highest BCUT2D eigenvalue weighted by Crippen LogP contribution is 2.26. The van der Waals surface area contributed by atoms with Crippen LogP contribution in [-0.2, 0) is 0 Å². The molecule has 0 spiro atoms. The molecule has 3 aromatic rings. The minimum atomic E-state index is -0.387. The highest BCUT2D eigenvalue weighted by Gasteiger charge is 2.09. The van der Waals surface area contributed by atoms with Crippen LogP contribution in [0, 0.1) is 0 Å². The lowest BCUT2D eigenvalue weighted by Gasteiger charge is -2.08. The first-order chi connectivity index (χ1) is 11.6. The lowest BCUT2D eigenvalue weighted by molar-refractivity contribution is 0.102. The zero-order valence-corrected chi connectivity index (χ0v) is 12.6. The fourth-order valence-corrected chi connectivity index (χ4v) is 2.10. The number of ether oxygens (including phenoxy) is 1. The van der Waals surface area contributed by atoms with E-state index >= 15 is 0 Å². The predicted molar refractivity (Wildman–Crippen MR) is 90.7 cm³/mol. The van der Waals surface area contributed by atoms with Gasteiger partial charge in [0.25, 0.3) is 5.91 Å². The van der Waals surface area contributed by atoms with Gasteiger partial charge in [0.15, 0.2) is 11.5 Å². The summed E-state index contributed by atoms with van der Waals surface area (Å²) < 4.78 is 5.68. The number of benzene rings is 3. The van der Waals surface area contributed by atoms with Crippen LogP contribution in [0.15, 0.2) is 72.8 Å². The Labute approximate surface area is 138 Å². The van der Waals surface area contributed by atoms with Gasteiger partial charge in [-0.05, 0) is 54.6 Å². The number of rotatable bonds is 4. The summed E-state index contributed by atoms with van der Waals surface area (Å²) in [6, 6.07) is 20.2. The number of para-hydroxylation sites is 1. The van der Waals surface area contributed by atoms with Crippen molar-refractivity contribution in [3.63, 3.8) is 0 Å². The molecule has 0 aromatic heterocycles. The Balaban J connectivity index is 1.67. The van der Waals surface area contributed by atoms with E-state index in [1.807, 2.05) is 30.3 Å². The van der Waals surface area contributed by atoms with Crippen LogP contribution < -0.4 is 10.1 Å². The summed E-state index contributed by atoms with van der Waals surface area (Å²) >= 11 is 0. The van der Waals surface area contributed by atoms with E-state index in [0.29, 0.717) is 11.4 Å². The molecule has 3 N–H and O–H groups in total. The third-order valence-electron chi connectivity index (χ3n) is 3.33. The number of carbonyl (C=O) groups excluding carboxylic acids is 1. The third kappa shape index (κ3) is 3.64. The van der Waals surface area contributed by atoms with Gasteiger partial charge in [-0.3, -0.25) is 4.79 Å². The Kier molecular flexibility index (Phi) is 4.34. The number of anilines is 1. The van der Waals surface area contributed by atoms with Crippen LogP contribution >= 0.6 is 0 Å². The number of nitrogens with one attached hydrogen (secondary N) is 1. The van der Waals surface area contributed by atoms with E-state index in [2.05, 4.69) is 5.32 Å². The Hall–Kier alpha value is -3.47. The Morgan fingerprint density at radius 2 is 1.46 bits per heavy atom. The number of aromatic hydroxyl groups is 2. The number of amides is 1. The molecule has 5 heteroatoms. The molecule has 0 atom stereocenters. The van der Waals surface area contributed by atoms with Crippen molar-refractivity contribution in [3.05, 3.63) is 78.4 Å². The molecule has 0 aliphatic rings. The standard InChI is InChI=1S/C19H15NO4/c21-17-11-6-13(12-18(17)22)19(23)20-14-7-9-16(10-8-14)24-15-4-2-1-3-5-15/h1-12,21-22H,(H,20,23). The molecule has 0 aliphatic heterocycles. The van der Waals surface area contributed by atoms with Crippen LogP contribution in [0.3, 0.4) is 0 Å². The molecular weight excluding hydrogens is 306 g/mol. The van der Waals surface area contributed by atoms with Crippen LogP contribution in [0.2, 0.25) is 0 Å². The number of hydrogen-bond donors (Lipinski definition) is 3. The van der Waals surface area contributed by atoms with Gasteiger partial charge in [-0.2, -0.15) is 0 Å². The molecule has 0 radical (unpaired) electrons. The van der Waals surface area contributed by atoms with Gasteiger partial charge in [0.2, 0.25) is 0 Å². The molecule has 1 amide bonds. The summed E-state index contributed by atoms with van der Waals surface area (Å²) in [5, 5.41) is 21.4. The topological polar surface area (TPSA) is 78.8 Å². The molecule has 3 aromatic carbocycles. The minimum absolute atomic E-state index is 0.245. The van der Waals surface area contributed by atoms with Crippen LogP contribution in [0.5, 0.6) is 23.0 Å². The highest BCUT2D eigenvalue weighted by atomic mass is 16.5. The maximum atomic E-state index is 12.1. The predicted octanol–water partition coefficient (Wildman–Crippen LogP) is 4.14. The molecular formula is C19H15NO4. The molecule has 0 heterocycles. The largest absolute Gasteiger partial charge is 0.504 e. The first-order valence-electron chi connectivity index (χ1n) is 7.28. The van der Waals surface area contributed by atoms with Crippen molar-refractivity contribution >= 4 is 11.6 Å². The molecule has 120 valence electrons. The van der Waals surface area contributed by atoms with Crippen molar-refractivity contribution in [1.29, 1.82) is 0 Å². The fraction of sp³-hybridized carbons (Fsp3) is 0. The average molecular weight is 321 g/mol. The molecule has 0 bridgehead atoms. The van der Waals surface area contributed by atoms with E-state index in [4.69, 9.17) is 4.74 Å². The second kappa shape index (κ2) is 6.75. The van der Waals surface area contributed by atoms with E-state index in [1.165, 1.54) is 18.2 Å². The molecule has 0 unspecified atom stereocenters. The van der Waals surface area contributed by atoms with Gasteiger partial charge in [-0.25, -0.2) is 0 Å². The monoisotopic (exact) mass is 321 g/mol. The summed E-state index contributed by atoms with van der Waals surface area (Å²) in [7, 11) is 0. The second-order valence-electron chi connectivity index (χ2n) is 5.10. The lowest BCUT2D eigenvalue weighted by Crippen LogP contribution is -2.11. The smallest absolute Gasteiger partial charge is 0.255 e. The van der Waals surface area contributed by atoms with Gasteiger partial charge < -0.3 is 20.3 Å². The summed E-state index contributed by atoms with van der Waals surface area (Å²) in [6.45, 7) is 0. The lowest BCUT2D eigenvalue weighted by atomic mass is 10.2. The van der Waals surface area contributed by atoms with Crippen LogP contribution in [0.4, 0.5) is 5.69 Å². The van der Waals surface area contributed by atoms with Gasteiger partial charge in [0.1, 0.15) is 11.5 Å². The fourth-order valence-electron chi connectivity index (χ4n) is 2.10. The Morgan fingerprint density at radius 1 is 0.792 bits per heavy atom. The van der Waals surface area contributed by atoms with Gasteiger partial charge in [0.05, 0.1) is 0 Å². The van der Waals surface area contributed by atoms with Crippen molar-refractivity contribution in [1.82, 2.24) is 0 Å². The number of hydrogen-bond acceptors (Lipinski definition) is 4. The van der Waals surface area contributed by atoms with E-state index in [0.717, 1.165) is 5.75 Å². The number of phenolic OH excluding ortho intramolecular Hbond substituents is 2. The summed E-state index contributed by atoms with van der Waals surface area (Å²) in [6.07, 6.45) is 0. The number of carbonyl (C=O) groups is 1. The van der Waals surface area contributed by atoms with Crippen molar-refractivity contribution < 1.29 is 19.7 Å². The van der Waals surface area contributed by atoms with Gasteiger partial charge in [0, 0.05) is 11.3 Å². The first-order valence-corrected chi connectivity index (χ1v) is 7.28. The Bertz CT molecular complexity index is 845. The summed E-state index contributed by atoms with van der Waals surface area (Å²) in [5.41, 5.74) is 0.836. The van der Waals surface area contributed by atoms with Crippen LogP contribution in [0.25, 0.3) is 0 Å². The number of phenols is 2. The molecule has 0 aliphatic carbocycles. The summed E-state index contributed by atoms with van der Waals surface area (Å²) in [5.74, 6) is 0.389. The Morgan fingerprint density at radius 3 is 2.12 bits per heavy atom. The molecule has 3 rings (SSSR count). The zero-order valence-electron chi connectivity index (χ0n) is 12.6. The summed E-state index contributed by atoms with van der Waals surface area (Å²) in [4.78, 5) is 12.1. The quantitative estimate of drug-likeness (QED) is 0.631. The molecule has 0 saturated carbocycles. The van der Waals surface area contributed by atoms with Crippen LogP contribution in [0.1, 0.15) is 10.4 Å². The molecule has 5 nitrogen and oxygen atoms in total.